The lowest BCUT2D eigenvalue weighted by Crippen LogP contribution is -2.17. The maximum atomic E-state index is 12.0. The van der Waals surface area contributed by atoms with Crippen LogP contribution in [0.5, 0.6) is 0 Å². The second kappa shape index (κ2) is 7.89. The number of amides is 1. The first kappa shape index (κ1) is 17.8. The Morgan fingerprint density at radius 1 is 1.32 bits per heavy atom. The molecule has 25 heavy (non-hydrogen) atoms. The van der Waals surface area contributed by atoms with Gasteiger partial charge in [0.25, 0.3) is 5.56 Å². The Morgan fingerprint density at radius 3 is 2.80 bits per heavy atom. The molecule has 0 unspecified atom stereocenters. The van der Waals surface area contributed by atoms with Gasteiger partial charge in [0.15, 0.2) is 10.3 Å². The highest BCUT2D eigenvalue weighted by Gasteiger charge is 2.10. The maximum Gasteiger partial charge on any atom is 0.273 e. The summed E-state index contributed by atoms with van der Waals surface area (Å²) in [6.45, 7) is 1.57. The average Bonchev–Trinajstić information content (AvgIpc) is 3.05. The quantitative estimate of drug-likeness (QED) is 0.594. The number of rotatable bonds is 5. The largest absolute Gasteiger partial charge is 0.301 e. The van der Waals surface area contributed by atoms with E-state index >= 15 is 0 Å². The zero-order valence-electron chi connectivity index (χ0n) is 12.9. The third-order valence-electron chi connectivity index (χ3n) is 3.07. The molecule has 3 aromatic rings. The average molecular weight is 438 g/mol. The molecule has 0 saturated heterocycles. The Labute approximate surface area is 159 Å². The van der Waals surface area contributed by atoms with Gasteiger partial charge in [-0.05, 0) is 19.1 Å². The molecule has 10 heteroatoms. The molecule has 2 N–H and O–H groups in total. The van der Waals surface area contributed by atoms with Crippen LogP contribution in [0.2, 0.25) is 0 Å². The van der Waals surface area contributed by atoms with Gasteiger partial charge in [-0.15, -0.1) is 21.5 Å². The van der Waals surface area contributed by atoms with E-state index in [-0.39, 0.29) is 22.9 Å². The summed E-state index contributed by atoms with van der Waals surface area (Å²) in [6.07, 6.45) is 0. The second-order valence-electron chi connectivity index (χ2n) is 4.93. The molecule has 0 atom stereocenters. The minimum atomic E-state index is -0.308. The number of hydrogen-bond donors (Lipinski definition) is 2. The number of anilines is 1. The number of aromatic nitrogens is 4. The molecule has 0 bridgehead atoms. The highest BCUT2D eigenvalue weighted by molar-refractivity contribution is 9.10. The Bertz CT molecular complexity index is 955. The van der Waals surface area contributed by atoms with E-state index in [1.807, 2.05) is 29.6 Å². The van der Waals surface area contributed by atoms with Crippen LogP contribution < -0.4 is 10.9 Å². The van der Waals surface area contributed by atoms with Gasteiger partial charge in [-0.25, -0.2) is 4.98 Å². The van der Waals surface area contributed by atoms with Crippen LogP contribution in [0.1, 0.15) is 5.69 Å². The SMILES string of the molecule is Cc1nnc(SCC(=O)Nc2nc(-c3ccc(Br)cc3)cs2)[nH]c1=O. The number of nitrogens with one attached hydrogen (secondary N) is 2. The van der Waals surface area contributed by atoms with Gasteiger partial charge in [-0.2, -0.15) is 0 Å². The first-order chi connectivity index (χ1) is 12.0. The van der Waals surface area contributed by atoms with Crippen LogP contribution in [-0.2, 0) is 4.79 Å². The van der Waals surface area contributed by atoms with E-state index in [0.29, 0.717) is 10.3 Å². The Kier molecular flexibility index (Phi) is 5.61. The van der Waals surface area contributed by atoms with E-state index in [4.69, 9.17) is 0 Å². The van der Waals surface area contributed by atoms with Crippen LogP contribution in [0.25, 0.3) is 11.3 Å². The van der Waals surface area contributed by atoms with E-state index < -0.39 is 0 Å². The maximum absolute atomic E-state index is 12.0. The number of H-pyrrole nitrogens is 1. The molecule has 1 amide bonds. The molecule has 2 aromatic heterocycles. The number of nitrogens with zero attached hydrogens (tertiary/aromatic N) is 3. The van der Waals surface area contributed by atoms with Crippen LogP contribution >= 0.6 is 39.0 Å². The third kappa shape index (κ3) is 4.74. The smallest absolute Gasteiger partial charge is 0.273 e. The topological polar surface area (TPSA) is 101 Å². The molecule has 128 valence electrons. The van der Waals surface area contributed by atoms with Crippen molar-refractivity contribution in [1.82, 2.24) is 20.2 Å². The number of aromatic amines is 1. The molecular formula is C15H12BrN5O2S2. The number of thiazole rings is 1. The Hall–Kier alpha value is -2.04. The van der Waals surface area contributed by atoms with Gasteiger partial charge in [-0.1, -0.05) is 39.8 Å². The standard InChI is InChI=1S/C15H12BrN5O2S2/c1-8-13(23)19-15(21-20-8)25-7-12(22)18-14-17-11(6-24-14)9-2-4-10(16)5-3-9/h2-6H,7H2,1H3,(H,17,18,22)(H,19,21,23). The normalized spacial score (nSPS) is 10.6. The van der Waals surface area contributed by atoms with Gasteiger partial charge in [-0.3, -0.25) is 14.6 Å². The summed E-state index contributed by atoms with van der Waals surface area (Å²) in [5, 5.41) is 13.0. The van der Waals surface area contributed by atoms with Crippen LogP contribution in [0.4, 0.5) is 5.13 Å². The van der Waals surface area contributed by atoms with E-state index in [0.717, 1.165) is 27.5 Å². The summed E-state index contributed by atoms with van der Waals surface area (Å²) in [4.78, 5) is 30.4. The summed E-state index contributed by atoms with van der Waals surface area (Å²) >= 11 is 5.85. The van der Waals surface area contributed by atoms with Gasteiger partial charge in [0, 0.05) is 15.4 Å². The number of aryl methyl sites for hydroxylation is 1. The van der Waals surface area contributed by atoms with Gasteiger partial charge < -0.3 is 5.32 Å². The van der Waals surface area contributed by atoms with E-state index in [1.54, 1.807) is 6.92 Å². The van der Waals surface area contributed by atoms with Crippen molar-refractivity contribution in [1.29, 1.82) is 0 Å². The van der Waals surface area contributed by atoms with Gasteiger partial charge in [0.05, 0.1) is 11.4 Å². The van der Waals surface area contributed by atoms with Gasteiger partial charge >= 0.3 is 0 Å². The van der Waals surface area contributed by atoms with E-state index in [2.05, 4.69) is 41.4 Å². The van der Waals surface area contributed by atoms with Crippen molar-refractivity contribution < 1.29 is 4.79 Å². The van der Waals surface area contributed by atoms with Gasteiger partial charge in [0.1, 0.15) is 5.69 Å². The zero-order valence-corrected chi connectivity index (χ0v) is 16.2. The summed E-state index contributed by atoms with van der Waals surface area (Å²) in [7, 11) is 0. The predicted octanol–water partition coefficient (Wildman–Crippen LogP) is 3.09. The fourth-order valence-electron chi connectivity index (χ4n) is 1.82. The Balaban J connectivity index is 1.58. The molecule has 3 rings (SSSR count). The molecule has 0 radical (unpaired) electrons. The number of thioether (sulfide) groups is 1. The number of benzene rings is 1. The van der Waals surface area contributed by atoms with Crippen LogP contribution in [-0.4, -0.2) is 31.8 Å². The highest BCUT2D eigenvalue weighted by Crippen LogP contribution is 2.26. The van der Waals surface area contributed by atoms with Crippen LogP contribution in [0.3, 0.4) is 0 Å². The number of carbonyl (C=O) groups is 1. The molecule has 1 aromatic carbocycles. The van der Waals surface area contributed by atoms with Crippen LogP contribution in [0.15, 0.2) is 44.1 Å². The van der Waals surface area contributed by atoms with Crippen molar-refractivity contribution in [2.75, 3.05) is 11.1 Å². The molecule has 7 nitrogen and oxygen atoms in total. The molecule has 0 aliphatic carbocycles. The van der Waals surface area contributed by atoms with Crippen molar-refractivity contribution >= 4 is 50.1 Å². The predicted molar refractivity (Wildman–Crippen MR) is 102 cm³/mol. The minimum absolute atomic E-state index is 0.0981. The fourth-order valence-corrected chi connectivity index (χ4v) is 3.42. The summed E-state index contributed by atoms with van der Waals surface area (Å²) < 4.78 is 0.995. The fraction of sp³-hybridized carbons (Fsp3) is 0.133. The summed E-state index contributed by atoms with van der Waals surface area (Å²) in [6, 6.07) is 7.78. The van der Waals surface area contributed by atoms with Crippen molar-refractivity contribution in [2.45, 2.75) is 12.1 Å². The lowest BCUT2D eigenvalue weighted by molar-refractivity contribution is -0.113. The highest BCUT2D eigenvalue weighted by atomic mass is 79.9. The number of carbonyl (C=O) groups excluding carboxylic acids is 1. The monoisotopic (exact) mass is 437 g/mol. The van der Waals surface area contributed by atoms with Crippen molar-refractivity contribution in [3.8, 4) is 11.3 Å². The van der Waals surface area contributed by atoms with Crippen molar-refractivity contribution in [2.24, 2.45) is 0 Å². The second-order valence-corrected chi connectivity index (χ2v) is 7.66. The Morgan fingerprint density at radius 2 is 2.08 bits per heavy atom. The van der Waals surface area contributed by atoms with E-state index in [9.17, 15) is 9.59 Å². The zero-order chi connectivity index (χ0) is 17.8. The molecule has 0 fully saturated rings. The lowest BCUT2D eigenvalue weighted by Gasteiger charge is -2.01. The van der Waals surface area contributed by atoms with Crippen molar-refractivity contribution in [3.05, 3.63) is 50.2 Å². The minimum Gasteiger partial charge on any atom is -0.301 e. The number of hydrogen-bond acceptors (Lipinski definition) is 7. The first-order valence-corrected chi connectivity index (χ1v) is 9.75. The molecule has 0 spiro atoms. The lowest BCUT2D eigenvalue weighted by atomic mass is 10.2. The van der Waals surface area contributed by atoms with Gasteiger partial charge in [0.2, 0.25) is 5.91 Å². The van der Waals surface area contributed by atoms with Crippen molar-refractivity contribution in [3.63, 3.8) is 0 Å². The molecule has 0 saturated carbocycles. The van der Waals surface area contributed by atoms with Crippen LogP contribution in [0, 0.1) is 6.92 Å². The summed E-state index contributed by atoms with van der Waals surface area (Å²) in [5.41, 5.74) is 1.75. The molecule has 0 aliphatic heterocycles. The number of halogens is 1. The molecule has 0 aliphatic rings. The molecule has 2 heterocycles. The summed E-state index contributed by atoms with van der Waals surface area (Å²) in [5.74, 6) is -0.133. The van der Waals surface area contributed by atoms with E-state index in [1.165, 1.54) is 11.3 Å². The molecular weight excluding hydrogens is 426 g/mol. The first-order valence-electron chi connectivity index (χ1n) is 7.09. The third-order valence-corrected chi connectivity index (χ3v) is 5.22.